The third-order valence-electron chi connectivity index (χ3n) is 6.52. The molecule has 0 unspecified atom stereocenters. The molecule has 2 heterocycles. The quantitative estimate of drug-likeness (QED) is 0.789. The van der Waals surface area contributed by atoms with Crippen LogP contribution in [0.15, 0.2) is 42.5 Å². The molecule has 0 radical (unpaired) electrons. The van der Waals surface area contributed by atoms with Gasteiger partial charge in [0, 0.05) is 30.1 Å². The first-order valence-electron chi connectivity index (χ1n) is 10.4. The molecule has 0 saturated carbocycles. The molecular weight excluding hydrogens is 367 g/mol. The molecule has 2 saturated heterocycles. The van der Waals surface area contributed by atoms with Crippen LogP contribution in [-0.4, -0.2) is 55.0 Å². The Hall–Kier alpha value is -2.40. The van der Waals surface area contributed by atoms with Gasteiger partial charge in [-0.3, -0.25) is 4.79 Å². The van der Waals surface area contributed by atoms with Crippen molar-refractivity contribution in [2.24, 2.45) is 0 Å². The normalized spacial score (nSPS) is 24.4. The molecule has 2 aromatic rings. The average molecular weight is 397 g/mol. The van der Waals surface area contributed by atoms with Gasteiger partial charge in [-0.05, 0) is 57.1 Å². The summed E-state index contributed by atoms with van der Waals surface area (Å²) in [6.07, 6.45) is 2.45. The van der Waals surface area contributed by atoms with Crippen molar-refractivity contribution in [2.75, 3.05) is 27.2 Å². The lowest BCUT2D eigenvalue weighted by atomic mass is 9.86. The van der Waals surface area contributed by atoms with E-state index in [0.29, 0.717) is 13.0 Å². The molecule has 3 atom stereocenters. The van der Waals surface area contributed by atoms with E-state index in [-0.39, 0.29) is 29.7 Å². The van der Waals surface area contributed by atoms with Crippen molar-refractivity contribution in [3.8, 4) is 5.75 Å². The van der Waals surface area contributed by atoms with E-state index in [9.17, 15) is 9.18 Å². The van der Waals surface area contributed by atoms with Gasteiger partial charge in [-0.25, -0.2) is 4.39 Å². The van der Waals surface area contributed by atoms with Crippen molar-refractivity contribution >= 4 is 5.91 Å². The number of fused-ring (bicyclic) bond motifs is 1. The number of carbonyl (C=O) groups is 1. The highest BCUT2D eigenvalue weighted by molar-refractivity contribution is 5.80. The largest absolute Gasteiger partial charge is 0.496 e. The van der Waals surface area contributed by atoms with Crippen molar-refractivity contribution in [2.45, 2.75) is 44.2 Å². The summed E-state index contributed by atoms with van der Waals surface area (Å²) in [5, 5.41) is 0. The van der Waals surface area contributed by atoms with Gasteiger partial charge in [0.1, 0.15) is 11.6 Å². The number of carbonyl (C=O) groups excluding carboxylic acids is 1. The van der Waals surface area contributed by atoms with Crippen LogP contribution >= 0.6 is 0 Å². The summed E-state index contributed by atoms with van der Waals surface area (Å²) >= 11 is 0. The summed E-state index contributed by atoms with van der Waals surface area (Å²) in [6, 6.07) is 13.2. The first kappa shape index (κ1) is 19.9. The number of ether oxygens (including phenoxy) is 1. The van der Waals surface area contributed by atoms with Crippen molar-refractivity contribution in [1.82, 2.24) is 9.80 Å². The summed E-state index contributed by atoms with van der Waals surface area (Å²) in [5.74, 6) is 0.883. The van der Waals surface area contributed by atoms with Gasteiger partial charge in [-0.15, -0.1) is 0 Å². The number of rotatable bonds is 4. The van der Waals surface area contributed by atoms with Gasteiger partial charge in [0.25, 0.3) is 0 Å². The summed E-state index contributed by atoms with van der Waals surface area (Å²) in [4.78, 5) is 17.8. The number of nitrogens with zero attached hydrogens (tertiary/aromatic N) is 2. The van der Waals surface area contributed by atoms with Crippen LogP contribution in [0.1, 0.15) is 35.4 Å². The Morgan fingerprint density at radius 3 is 2.69 bits per heavy atom. The molecule has 0 aromatic heterocycles. The number of methoxy groups -OCH3 is 1. The maximum absolute atomic E-state index is 13.4. The molecule has 154 valence electrons. The number of piperidine rings is 1. The molecule has 4 rings (SSSR count). The molecule has 5 heteroatoms. The van der Waals surface area contributed by atoms with E-state index in [1.165, 1.54) is 12.1 Å². The van der Waals surface area contributed by atoms with Crippen molar-refractivity contribution in [1.29, 1.82) is 0 Å². The highest BCUT2D eigenvalue weighted by Crippen LogP contribution is 2.40. The zero-order valence-electron chi connectivity index (χ0n) is 17.4. The average Bonchev–Trinajstić information content (AvgIpc) is 3.10. The van der Waals surface area contributed by atoms with Crippen LogP contribution in [0, 0.1) is 12.7 Å². The van der Waals surface area contributed by atoms with Crippen LogP contribution in [-0.2, 0) is 11.2 Å². The molecule has 0 spiro atoms. The third kappa shape index (κ3) is 3.88. The molecule has 1 amide bonds. The molecule has 0 aliphatic carbocycles. The SMILES string of the molecule is COc1ccc(C)cc1CC(=O)N1C[C@H](c2ccc(F)cc2)[C@@H]2[C@H]1CCCN2C. The van der Waals surface area contributed by atoms with E-state index in [1.54, 1.807) is 7.11 Å². The lowest BCUT2D eigenvalue weighted by Crippen LogP contribution is -2.50. The van der Waals surface area contributed by atoms with Crippen LogP contribution in [0.3, 0.4) is 0 Å². The van der Waals surface area contributed by atoms with Gasteiger partial charge in [0.15, 0.2) is 0 Å². The second-order valence-corrected chi connectivity index (χ2v) is 8.38. The lowest BCUT2D eigenvalue weighted by Gasteiger charge is -2.39. The number of benzene rings is 2. The second-order valence-electron chi connectivity index (χ2n) is 8.38. The van der Waals surface area contributed by atoms with Crippen LogP contribution < -0.4 is 4.74 Å². The monoisotopic (exact) mass is 396 g/mol. The van der Waals surface area contributed by atoms with E-state index < -0.39 is 0 Å². The Balaban J connectivity index is 1.61. The fourth-order valence-electron chi connectivity index (χ4n) is 5.14. The lowest BCUT2D eigenvalue weighted by molar-refractivity contribution is -0.132. The fraction of sp³-hybridized carbons (Fsp3) is 0.458. The zero-order chi connectivity index (χ0) is 20.5. The van der Waals surface area contributed by atoms with E-state index in [1.807, 2.05) is 37.3 Å². The Morgan fingerprint density at radius 2 is 1.97 bits per heavy atom. The van der Waals surface area contributed by atoms with Gasteiger partial charge in [-0.1, -0.05) is 29.8 Å². The van der Waals surface area contributed by atoms with E-state index in [4.69, 9.17) is 4.74 Å². The number of halogens is 1. The molecular formula is C24H29FN2O2. The molecule has 29 heavy (non-hydrogen) atoms. The van der Waals surface area contributed by atoms with Crippen molar-refractivity contribution in [3.05, 3.63) is 65.0 Å². The van der Waals surface area contributed by atoms with E-state index in [2.05, 4.69) is 16.8 Å². The Kier molecular flexibility index (Phi) is 5.59. The summed E-state index contributed by atoms with van der Waals surface area (Å²) in [7, 11) is 3.79. The number of hydrogen-bond acceptors (Lipinski definition) is 3. The summed E-state index contributed by atoms with van der Waals surface area (Å²) in [6.45, 7) is 3.74. The first-order chi connectivity index (χ1) is 14.0. The number of aryl methyl sites for hydroxylation is 1. The minimum absolute atomic E-state index is 0.142. The standard InChI is InChI=1S/C24H29FN2O2/c1-16-6-11-22(29-3)18(13-16)14-23(28)27-15-20(17-7-9-19(25)10-8-17)24-21(27)5-4-12-26(24)2/h6-11,13,20-21,24H,4-5,12,14-15H2,1-3H3/t20-,21-,24-/m1/s1. The van der Waals surface area contributed by atoms with Crippen molar-refractivity contribution in [3.63, 3.8) is 0 Å². The molecule has 2 aliphatic heterocycles. The topological polar surface area (TPSA) is 32.8 Å². The van der Waals surface area contributed by atoms with Gasteiger partial charge in [0.05, 0.1) is 13.5 Å². The minimum Gasteiger partial charge on any atom is -0.496 e. The van der Waals surface area contributed by atoms with Crippen molar-refractivity contribution < 1.29 is 13.9 Å². The number of hydrogen-bond donors (Lipinski definition) is 0. The van der Waals surface area contributed by atoms with Gasteiger partial charge in [-0.2, -0.15) is 0 Å². The maximum Gasteiger partial charge on any atom is 0.227 e. The van der Waals surface area contributed by atoms with Gasteiger partial charge < -0.3 is 14.5 Å². The molecule has 0 bridgehead atoms. The number of likely N-dealkylation sites (tertiary alicyclic amines) is 2. The molecule has 0 N–H and O–H groups in total. The molecule has 2 aromatic carbocycles. The first-order valence-corrected chi connectivity index (χ1v) is 10.4. The predicted molar refractivity (Wildman–Crippen MR) is 112 cm³/mol. The Labute approximate surface area is 172 Å². The minimum atomic E-state index is -0.222. The molecule has 4 nitrogen and oxygen atoms in total. The van der Waals surface area contributed by atoms with Gasteiger partial charge >= 0.3 is 0 Å². The van der Waals surface area contributed by atoms with Crippen LogP contribution in [0.4, 0.5) is 4.39 Å². The Morgan fingerprint density at radius 1 is 1.21 bits per heavy atom. The second kappa shape index (κ2) is 8.15. The highest BCUT2D eigenvalue weighted by atomic mass is 19.1. The Bertz CT molecular complexity index is 883. The summed E-state index contributed by atoms with van der Waals surface area (Å²) in [5.41, 5.74) is 3.16. The molecule has 2 aliphatic rings. The predicted octanol–water partition coefficient (Wildman–Crippen LogP) is 3.77. The number of likely N-dealkylation sites (N-methyl/N-ethyl adjacent to an activating group) is 1. The maximum atomic E-state index is 13.4. The summed E-state index contributed by atoms with van der Waals surface area (Å²) < 4.78 is 18.9. The van der Waals surface area contributed by atoms with Crippen LogP contribution in [0.5, 0.6) is 5.75 Å². The van der Waals surface area contributed by atoms with Gasteiger partial charge in [0.2, 0.25) is 5.91 Å². The van der Waals surface area contributed by atoms with Crippen LogP contribution in [0.25, 0.3) is 0 Å². The van der Waals surface area contributed by atoms with Crippen LogP contribution in [0.2, 0.25) is 0 Å². The smallest absolute Gasteiger partial charge is 0.227 e. The van der Waals surface area contributed by atoms with E-state index >= 15 is 0 Å². The number of amides is 1. The van der Waals surface area contributed by atoms with E-state index in [0.717, 1.165) is 41.8 Å². The fourth-order valence-corrected chi connectivity index (χ4v) is 5.14. The third-order valence-corrected chi connectivity index (χ3v) is 6.52. The highest BCUT2D eigenvalue weighted by Gasteiger charge is 2.47. The zero-order valence-corrected chi connectivity index (χ0v) is 17.4. The molecule has 2 fully saturated rings.